The van der Waals surface area contributed by atoms with Crippen LogP contribution in [0.15, 0.2) is 17.0 Å². The van der Waals surface area contributed by atoms with Crippen LogP contribution in [0.1, 0.15) is 25.8 Å². The van der Waals surface area contributed by atoms with Crippen LogP contribution in [-0.4, -0.2) is 26.9 Å². The number of carbonyl (C=O) groups excluding carboxylic acids is 1. The summed E-state index contributed by atoms with van der Waals surface area (Å²) < 4.78 is 27.0. The Kier molecular flexibility index (Phi) is 6.00. The molecule has 1 amide bonds. The van der Waals surface area contributed by atoms with E-state index in [4.69, 9.17) is 17.3 Å². The van der Waals surface area contributed by atoms with Gasteiger partial charge in [-0.15, -0.1) is 0 Å². The molecule has 4 N–H and O–H groups in total. The van der Waals surface area contributed by atoms with E-state index in [0.717, 1.165) is 6.42 Å². The minimum atomic E-state index is -3.85. The molecule has 1 atom stereocenters. The molecule has 0 radical (unpaired) electrons. The van der Waals surface area contributed by atoms with Gasteiger partial charge in [-0.2, -0.15) is 4.72 Å². The Morgan fingerprint density at radius 3 is 2.62 bits per heavy atom. The lowest BCUT2D eigenvalue weighted by atomic mass is 10.2. The highest BCUT2D eigenvalue weighted by atomic mass is 35.5. The zero-order valence-electron chi connectivity index (χ0n) is 12.2. The van der Waals surface area contributed by atoms with Gasteiger partial charge in [-0.1, -0.05) is 18.5 Å². The zero-order valence-corrected chi connectivity index (χ0v) is 13.8. The first-order valence-electron chi connectivity index (χ1n) is 6.54. The van der Waals surface area contributed by atoms with E-state index in [2.05, 4.69) is 10.0 Å². The number of anilines is 1. The van der Waals surface area contributed by atoms with E-state index in [1.807, 2.05) is 6.92 Å². The first-order valence-corrected chi connectivity index (χ1v) is 8.40. The Balaban J connectivity index is 2.97. The minimum absolute atomic E-state index is 0.0135. The van der Waals surface area contributed by atoms with Crippen molar-refractivity contribution in [3.8, 4) is 0 Å². The zero-order chi connectivity index (χ0) is 16.2. The molecule has 0 saturated heterocycles. The van der Waals surface area contributed by atoms with Crippen molar-refractivity contribution in [2.75, 3.05) is 12.3 Å². The van der Waals surface area contributed by atoms with Gasteiger partial charge in [0.05, 0.1) is 21.6 Å². The molecule has 118 valence electrons. The van der Waals surface area contributed by atoms with E-state index >= 15 is 0 Å². The van der Waals surface area contributed by atoms with Gasteiger partial charge in [0.15, 0.2) is 0 Å². The van der Waals surface area contributed by atoms with E-state index in [0.29, 0.717) is 17.1 Å². The van der Waals surface area contributed by atoms with Gasteiger partial charge in [0.25, 0.3) is 0 Å². The third-order valence-electron chi connectivity index (χ3n) is 2.86. The molecular weight excluding hydrogens is 314 g/mol. The summed E-state index contributed by atoms with van der Waals surface area (Å²) in [5.41, 5.74) is 6.27. The smallest absolute Gasteiger partial charge is 0.241 e. The Hall–Kier alpha value is -1.31. The molecule has 0 spiro atoms. The first-order chi connectivity index (χ1) is 9.69. The van der Waals surface area contributed by atoms with Gasteiger partial charge < -0.3 is 11.1 Å². The van der Waals surface area contributed by atoms with Crippen molar-refractivity contribution < 1.29 is 13.2 Å². The van der Waals surface area contributed by atoms with Crippen LogP contribution in [0, 0.1) is 6.92 Å². The molecule has 8 heteroatoms. The van der Waals surface area contributed by atoms with Crippen LogP contribution in [0.2, 0.25) is 5.02 Å². The highest BCUT2D eigenvalue weighted by Crippen LogP contribution is 2.26. The quantitative estimate of drug-likeness (QED) is 0.685. The van der Waals surface area contributed by atoms with Crippen LogP contribution in [0.3, 0.4) is 0 Å². The van der Waals surface area contributed by atoms with Gasteiger partial charge in [-0.05, 0) is 38.0 Å². The molecule has 0 saturated carbocycles. The molecule has 0 aromatic heterocycles. The number of halogens is 1. The molecule has 21 heavy (non-hydrogen) atoms. The van der Waals surface area contributed by atoms with Crippen LogP contribution >= 0.6 is 11.6 Å². The van der Waals surface area contributed by atoms with E-state index in [1.54, 1.807) is 6.92 Å². The fourth-order valence-corrected chi connectivity index (χ4v) is 3.39. The van der Waals surface area contributed by atoms with Crippen LogP contribution in [-0.2, 0) is 14.8 Å². The molecule has 6 nitrogen and oxygen atoms in total. The number of nitrogens with two attached hydrogens (primary N) is 1. The summed E-state index contributed by atoms with van der Waals surface area (Å²) in [6.07, 6.45) is 0.776. The Morgan fingerprint density at radius 1 is 1.43 bits per heavy atom. The second-order valence-corrected chi connectivity index (χ2v) is 6.86. The van der Waals surface area contributed by atoms with Gasteiger partial charge in [0.1, 0.15) is 0 Å². The van der Waals surface area contributed by atoms with Gasteiger partial charge in [0.2, 0.25) is 15.9 Å². The van der Waals surface area contributed by atoms with Gasteiger partial charge in [-0.3, -0.25) is 4.79 Å². The van der Waals surface area contributed by atoms with E-state index < -0.39 is 16.1 Å². The van der Waals surface area contributed by atoms with Crippen molar-refractivity contribution in [2.45, 2.75) is 38.1 Å². The molecule has 0 fully saturated rings. The summed E-state index contributed by atoms with van der Waals surface area (Å²) in [5, 5.41) is 2.92. The second kappa shape index (κ2) is 7.11. The predicted octanol–water partition coefficient (Wildman–Crippen LogP) is 1.42. The number of benzene rings is 1. The van der Waals surface area contributed by atoms with Gasteiger partial charge in [0, 0.05) is 6.54 Å². The molecule has 0 aliphatic rings. The molecule has 0 bridgehead atoms. The molecule has 1 unspecified atom stereocenters. The summed E-state index contributed by atoms with van der Waals surface area (Å²) in [6.45, 7) is 5.51. The lowest BCUT2D eigenvalue weighted by molar-refractivity contribution is -0.122. The van der Waals surface area contributed by atoms with E-state index in [1.165, 1.54) is 19.1 Å². The average Bonchev–Trinajstić information content (AvgIpc) is 2.39. The lowest BCUT2D eigenvalue weighted by Gasteiger charge is -2.16. The van der Waals surface area contributed by atoms with Crippen molar-refractivity contribution in [1.29, 1.82) is 0 Å². The van der Waals surface area contributed by atoms with Crippen molar-refractivity contribution >= 4 is 33.2 Å². The van der Waals surface area contributed by atoms with Gasteiger partial charge in [-0.25, -0.2) is 8.42 Å². The Morgan fingerprint density at radius 2 is 2.05 bits per heavy atom. The number of rotatable bonds is 6. The molecule has 0 aliphatic heterocycles. The van der Waals surface area contributed by atoms with Crippen molar-refractivity contribution in [1.82, 2.24) is 10.0 Å². The summed E-state index contributed by atoms with van der Waals surface area (Å²) in [5.74, 6) is -0.375. The normalized spacial score (nSPS) is 13.0. The van der Waals surface area contributed by atoms with Gasteiger partial charge >= 0.3 is 0 Å². The standard InChI is InChI=1S/C13H20ClN3O3S/c1-4-5-16-13(18)9(3)17-21(19,20)12-7-11(15)10(14)6-8(12)2/h6-7,9,17H,4-5,15H2,1-3H3,(H,16,18). The number of nitrogens with one attached hydrogen (secondary N) is 2. The third-order valence-corrected chi connectivity index (χ3v) is 4.87. The maximum atomic E-state index is 12.3. The maximum absolute atomic E-state index is 12.3. The number of nitrogen functional groups attached to an aromatic ring is 1. The van der Waals surface area contributed by atoms with Crippen LogP contribution in [0.25, 0.3) is 0 Å². The van der Waals surface area contributed by atoms with Crippen LogP contribution in [0.4, 0.5) is 5.69 Å². The number of sulfonamides is 1. The second-order valence-electron chi connectivity index (χ2n) is 4.77. The fraction of sp³-hybridized carbons (Fsp3) is 0.462. The average molecular weight is 334 g/mol. The maximum Gasteiger partial charge on any atom is 0.241 e. The highest BCUT2D eigenvalue weighted by molar-refractivity contribution is 7.89. The molecule has 1 rings (SSSR count). The summed E-state index contributed by atoms with van der Waals surface area (Å²) in [7, 11) is -3.85. The number of aryl methyl sites for hydroxylation is 1. The van der Waals surface area contributed by atoms with Crippen molar-refractivity contribution in [2.24, 2.45) is 0 Å². The summed E-state index contributed by atoms with van der Waals surface area (Å²) in [6, 6.07) is 1.89. The molecule has 1 aromatic carbocycles. The Labute approximate surface area is 130 Å². The monoisotopic (exact) mass is 333 g/mol. The first kappa shape index (κ1) is 17.7. The number of amides is 1. The fourth-order valence-electron chi connectivity index (χ4n) is 1.71. The van der Waals surface area contributed by atoms with Crippen LogP contribution in [0.5, 0.6) is 0 Å². The van der Waals surface area contributed by atoms with Crippen LogP contribution < -0.4 is 15.8 Å². The minimum Gasteiger partial charge on any atom is -0.397 e. The van der Waals surface area contributed by atoms with E-state index in [-0.39, 0.29) is 16.5 Å². The topological polar surface area (TPSA) is 101 Å². The molecule has 0 aliphatic carbocycles. The predicted molar refractivity (Wildman–Crippen MR) is 83.7 cm³/mol. The Bertz CT molecular complexity index is 632. The van der Waals surface area contributed by atoms with E-state index in [9.17, 15) is 13.2 Å². The highest BCUT2D eigenvalue weighted by Gasteiger charge is 2.24. The summed E-state index contributed by atoms with van der Waals surface area (Å²) in [4.78, 5) is 11.7. The van der Waals surface area contributed by atoms with Crippen molar-refractivity contribution in [3.05, 3.63) is 22.7 Å². The SMILES string of the molecule is CCCNC(=O)C(C)NS(=O)(=O)c1cc(N)c(Cl)cc1C. The van der Waals surface area contributed by atoms with Crippen molar-refractivity contribution in [3.63, 3.8) is 0 Å². The number of hydrogen-bond acceptors (Lipinski definition) is 4. The lowest BCUT2D eigenvalue weighted by Crippen LogP contribution is -2.45. The summed E-state index contributed by atoms with van der Waals surface area (Å²) >= 11 is 5.85. The largest absolute Gasteiger partial charge is 0.397 e. The molecule has 1 aromatic rings. The molecule has 0 heterocycles. The molecular formula is C13H20ClN3O3S. The third kappa shape index (κ3) is 4.59. The number of carbonyl (C=O) groups is 1. The number of hydrogen-bond donors (Lipinski definition) is 3.